The van der Waals surface area contributed by atoms with Crippen molar-refractivity contribution in [3.63, 3.8) is 0 Å². The zero-order valence-corrected chi connectivity index (χ0v) is 42.7. The van der Waals surface area contributed by atoms with E-state index in [1.807, 2.05) is 6.08 Å². The molecular formula is C60H98O6. The van der Waals surface area contributed by atoms with E-state index in [-0.39, 0.29) is 37.5 Å². The molecule has 6 nitrogen and oxygen atoms in total. The molecule has 0 heterocycles. The van der Waals surface area contributed by atoms with Gasteiger partial charge in [-0.25, -0.2) is 0 Å². The highest BCUT2D eigenvalue weighted by Gasteiger charge is 2.19. The van der Waals surface area contributed by atoms with Crippen molar-refractivity contribution in [3.8, 4) is 0 Å². The molecule has 0 aromatic rings. The smallest absolute Gasteiger partial charge is 0.306 e. The predicted octanol–water partition coefficient (Wildman–Crippen LogP) is 17.9. The van der Waals surface area contributed by atoms with E-state index in [1.165, 1.54) is 89.9 Å². The number of unbranched alkanes of at least 4 members (excludes halogenated alkanes) is 20. The monoisotopic (exact) mass is 915 g/mol. The molecule has 0 saturated heterocycles. The molecule has 0 amide bonds. The van der Waals surface area contributed by atoms with E-state index < -0.39 is 6.10 Å². The maximum Gasteiger partial charge on any atom is 0.306 e. The molecule has 0 aliphatic heterocycles. The molecule has 66 heavy (non-hydrogen) atoms. The van der Waals surface area contributed by atoms with Gasteiger partial charge in [0.25, 0.3) is 0 Å². The Morgan fingerprint density at radius 3 is 1.15 bits per heavy atom. The highest BCUT2D eigenvalue weighted by Crippen LogP contribution is 2.15. The van der Waals surface area contributed by atoms with Crippen molar-refractivity contribution in [2.45, 2.75) is 239 Å². The Bertz CT molecular complexity index is 1370. The second-order valence-corrected chi connectivity index (χ2v) is 17.4. The van der Waals surface area contributed by atoms with Crippen LogP contribution in [0, 0.1) is 0 Å². The van der Waals surface area contributed by atoms with Crippen molar-refractivity contribution < 1.29 is 28.6 Å². The van der Waals surface area contributed by atoms with Crippen LogP contribution in [0.4, 0.5) is 0 Å². The lowest BCUT2D eigenvalue weighted by atomic mass is 10.0. The summed E-state index contributed by atoms with van der Waals surface area (Å²) in [5.41, 5.74) is 0. The quantitative estimate of drug-likeness (QED) is 0.0199. The molecule has 6 heteroatoms. The van der Waals surface area contributed by atoms with Gasteiger partial charge in [-0.05, 0) is 77.0 Å². The summed E-state index contributed by atoms with van der Waals surface area (Å²) in [6.07, 6.45) is 72.2. The Labute approximate surface area is 406 Å². The zero-order chi connectivity index (χ0) is 47.9. The van der Waals surface area contributed by atoms with E-state index in [2.05, 4.69) is 124 Å². The van der Waals surface area contributed by atoms with Crippen LogP contribution in [0.1, 0.15) is 233 Å². The first-order chi connectivity index (χ1) is 32.5. The van der Waals surface area contributed by atoms with Gasteiger partial charge in [-0.1, -0.05) is 246 Å². The van der Waals surface area contributed by atoms with Gasteiger partial charge in [-0.3, -0.25) is 14.4 Å². The largest absolute Gasteiger partial charge is 0.462 e. The number of carbonyl (C=O) groups is 3. The van der Waals surface area contributed by atoms with E-state index in [1.54, 1.807) is 0 Å². The minimum atomic E-state index is -0.815. The SMILES string of the molecule is CC\C=C/C=C\C=C/CCCCCCCCCC(=O)OC(COC(=O)CC/C=C\C/C=C\C/C=C\C/C=C\C/C=C\C/C=C\CC)COC(=O)CCCCCCCCCCCCCCCC. The van der Waals surface area contributed by atoms with Gasteiger partial charge in [-0.2, -0.15) is 0 Å². The number of ether oxygens (including phenoxy) is 3. The second-order valence-electron chi connectivity index (χ2n) is 17.4. The zero-order valence-electron chi connectivity index (χ0n) is 42.7. The Kier molecular flexibility index (Phi) is 50.5. The Morgan fingerprint density at radius 1 is 0.333 bits per heavy atom. The van der Waals surface area contributed by atoms with Crippen molar-refractivity contribution in [2.24, 2.45) is 0 Å². The van der Waals surface area contributed by atoms with E-state index in [9.17, 15) is 14.4 Å². The number of carbonyl (C=O) groups excluding carboxylic acids is 3. The Morgan fingerprint density at radius 2 is 0.697 bits per heavy atom. The van der Waals surface area contributed by atoms with Crippen LogP contribution in [-0.4, -0.2) is 37.2 Å². The van der Waals surface area contributed by atoms with Gasteiger partial charge in [0.1, 0.15) is 13.2 Å². The molecule has 1 unspecified atom stereocenters. The molecule has 374 valence electrons. The molecule has 0 saturated carbocycles. The highest BCUT2D eigenvalue weighted by atomic mass is 16.6. The third-order valence-electron chi connectivity index (χ3n) is 11.1. The van der Waals surface area contributed by atoms with Gasteiger partial charge in [-0.15, -0.1) is 0 Å². The average Bonchev–Trinajstić information content (AvgIpc) is 3.31. The average molecular weight is 915 g/mol. The summed E-state index contributed by atoms with van der Waals surface area (Å²) < 4.78 is 16.7. The number of hydrogen-bond donors (Lipinski definition) is 0. The van der Waals surface area contributed by atoms with Gasteiger partial charge in [0.05, 0.1) is 0 Å². The van der Waals surface area contributed by atoms with Crippen LogP contribution < -0.4 is 0 Å². The van der Waals surface area contributed by atoms with Crippen molar-refractivity contribution in [3.05, 3.63) is 109 Å². The number of allylic oxidation sites excluding steroid dienone is 18. The van der Waals surface area contributed by atoms with E-state index in [0.717, 1.165) is 96.3 Å². The summed E-state index contributed by atoms with van der Waals surface area (Å²) in [4.78, 5) is 38.0. The first kappa shape index (κ1) is 62.1. The molecule has 0 aromatic heterocycles. The molecule has 0 N–H and O–H groups in total. The molecule has 1 atom stereocenters. The van der Waals surface area contributed by atoms with Crippen LogP contribution in [0.15, 0.2) is 109 Å². The first-order valence-corrected chi connectivity index (χ1v) is 26.9. The van der Waals surface area contributed by atoms with Crippen LogP contribution in [0.3, 0.4) is 0 Å². The summed E-state index contributed by atoms with van der Waals surface area (Å²) in [6, 6.07) is 0. The summed E-state index contributed by atoms with van der Waals surface area (Å²) >= 11 is 0. The van der Waals surface area contributed by atoms with E-state index in [0.29, 0.717) is 19.3 Å². The fourth-order valence-corrected chi connectivity index (χ4v) is 7.11. The van der Waals surface area contributed by atoms with Crippen molar-refractivity contribution in [2.75, 3.05) is 13.2 Å². The molecule has 0 rings (SSSR count). The summed E-state index contributed by atoms with van der Waals surface area (Å²) in [7, 11) is 0. The maximum absolute atomic E-state index is 12.8. The summed E-state index contributed by atoms with van der Waals surface area (Å²) in [5, 5.41) is 0. The Balaban J connectivity index is 4.52. The lowest BCUT2D eigenvalue weighted by Gasteiger charge is -2.18. The lowest BCUT2D eigenvalue weighted by Crippen LogP contribution is -2.30. The second kappa shape index (κ2) is 53.7. The van der Waals surface area contributed by atoms with Crippen molar-refractivity contribution in [1.82, 2.24) is 0 Å². The van der Waals surface area contributed by atoms with Crippen LogP contribution in [0.2, 0.25) is 0 Å². The third kappa shape index (κ3) is 51.1. The van der Waals surface area contributed by atoms with Gasteiger partial charge in [0.2, 0.25) is 0 Å². The fourth-order valence-electron chi connectivity index (χ4n) is 7.11. The lowest BCUT2D eigenvalue weighted by molar-refractivity contribution is -0.166. The van der Waals surface area contributed by atoms with Crippen molar-refractivity contribution in [1.29, 1.82) is 0 Å². The van der Waals surface area contributed by atoms with E-state index in [4.69, 9.17) is 14.2 Å². The summed E-state index contributed by atoms with van der Waals surface area (Å²) in [5.74, 6) is -1.01. The van der Waals surface area contributed by atoms with Crippen LogP contribution in [-0.2, 0) is 28.6 Å². The minimum absolute atomic E-state index is 0.106. The van der Waals surface area contributed by atoms with E-state index >= 15 is 0 Å². The molecule has 0 spiro atoms. The highest BCUT2D eigenvalue weighted by molar-refractivity contribution is 5.71. The third-order valence-corrected chi connectivity index (χ3v) is 11.1. The maximum atomic E-state index is 12.8. The summed E-state index contributed by atoms with van der Waals surface area (Å²) in [6.45, 7) is 6.32. The van der Waals surface area contributed by atoms with Crippen LogP contribution >= 0.6 is 0 Å². The molecule has 0 aromatic carbocycles. The molecular weight excluding hydrogens is 817 g/mol. The molecule has 0 radical (unpaired) electrons. The van der Waals surface area contributed by atoms with Gasteiger partial charge < -0.3 is 14.2 Å². The Hall–Kier alpha value is -3.93. The molecule has 0 bridgehead atoms. The number of rotatable bonds is 47. The number of hydrogen-bond acceptors (Lipinski definition) is 6. The standard InChI is InChI=1S/C60H98O6/c1-4-7-10-13-16-19-22-25-28-29-30-31-33-35-38-41-44-47-50-53-59(62)65-56-57(55-64-58(61)52-49-46-43-40-37-34-27-24-21-18-15-12-9-6-3)66-60(63)54-51-48-45-42-39-36-32-26-23-20-17-14-11-8-5-2/h7-8,10-11,14,16-17,19-20,23,25,28,30-31,35,38,44,47,57H,4-6,9,12-13,15,18,21-22,24,26-27,29,32-34,36-37,39-43,45-46,48-56H2,1-3H3/b10-7-,11-8-,17-14-,19-16-,23-20-,28-25-,31-30-,38-35-,47-44-. The normalized spacial score (nSPS) is 13.0. The topological polar surface area (TPSA) is 78.9 Å². The molecule has 0 fully saturated rings. The predicted molar refractivity (Wildman–Crippen MR) is 283 cm³/mol. The molecule has 0 aliphatic carbocycles. The number of esters is 3. The van der Waals surface area contributed by atoms with Crippen molar-refractivity contribution >= 4 is 17.9 Å². The first-order valence-electron chi connectivity index (χ1n) is 26.9. The van der Waals surface area contributed by atoms with Gasteiger partial charge in [0.15, 0.2) is 6.10 Å². The van der Waals surface area contributed by atoms with Crippen LogP contribution in [0.25, 0.3) is 0 Å². The minimum Gasteiger partial charge on any atom is -0.462 e. The fraction of sp³-hybridized carbons (Fsp3) is 0.650. The molecule has 0 aliphatic rings. The van der Waals surface area contributed by atoms with Crippen LogP contribution in [0.5, 0.6) is 0 Å². The van der Waals surface area contributed by atoms with Gasteiger partial charge in [0, 0.05) is 19.3 Å². The van der Waals surface area contributed by atoms with Gasteiger partial charge >= 0.3 is 17.9 Å².